The van der Waals surface area contributed by atoms with Crippen LogP contribution >= 0.6 is 0 Å². The number of aryl methyl sites for hydroxylation is 2. The molecule has 0 fully saturated rings. The van der Waals surface area contributed by atoms with Gasteiger partial charge in [-0.05, 0) is 38.7 Å². The van der Waals surface area contributed by atoms with E-state index >= 15 is 0 Å². The van der Waals surface area contributed by atoms with E-state index in [1.807, 2.05) is 13.8 Å². The number of hydrogen-bond donors (Lipinski definition) is 2. The minimum absolute atomic E-state index is 0.443. The van der Waals surface area contributed by atoms with E-state index in [1.165, 1.54) is 5.56 Å². The van der Waals surface area contributed by atoms with Crippen LogP contribution in [0.15, 0.2) is 39.7 Å². The van der Waals surface area contributed by atoms with Crippen molar-refractivity contribution in [2.45, 2.75) is 46.6 Å². The third-order valence-electron chi connectivity index (χ3n) is 4.03. The quantitative estimate of drug-likeness (QED) is 0.603. The highest BCUT2D eigenvalue weighted by Crippen LogP contribution is 2.17. The molecule has 0 aliphatic rings. The summed E-state index contributed by atoms with van der Waals surface area (Å²) in [6, 6.07) is 10.6. The lowest BCUT2D eigenvalue weighted by Gasteiger charge is -2.14. The number of rotatable bonds is 7. The zero-order valence-corrected chi connectivity index (χ0v) is 15.1. The minimum Gasteiger partial charge on any atom is -0.444 e. The van der Waals surface area contributed by atoms with Crippen LogP contribution in [0, 0.1) is 13.8 Å². The van der Waals surface area contributed by atoms with Crippen molar-refractivity contribution < 1.29 is 4.42 Å². The second-order valence-corrected chi connectivity index (χ2v) is 5.97. The molecule has 5 nitrogen and oxygen atoms in total. The Labute approximate surface area is 144 Å². The molecule has 1 heterocycles. The number of guanidine groups is 1. The average Bonchev–Trinajstić information content (AvgIpc) is 2.91. The molecule has 0 radical (unpaired) electrons. The molecular weight excluding hydrogens is 300 g/mol. The van der Waals surface area contributed by atoms with Gasteiger partial charge in [-0.25, -0.2) is 9.98 Å². The molecular formula is C19H28N4O. The molecule has 2 aromatic rings. The van der Waals surface area contributed by atoms with Gasteiger partial charge in [0, 0.05) is 13.1 Å². The fraction of sp³-hybridized carbons (Fsp3) is 0.474. The molecule has 130 valence electrons. The monoisotopic (exact) mass is 328 g/mol. The molecule has 24 heavy (non-hydrogen) atoms. The Hall–Kier alpha value is -2.30. The minimum atomic E-state index is 0.443. The molecule has 5 heteroatoms. The Morgan fingerprint density at radius 1 is 1.21 bits per heavy atom. The van der Waals surface area contributed by atoms with Gasteiger partial charge in [-0.15, -0.1) is 0 Å². The van der Waals surface area contributed by atoms with Crippen LogP contribution in [0.25, 0.3) is 0 Å². The SMILES string of the molecule is CCNC(=NCc1nc(C)c(C)o1)NCCC(C)c1ccccc1. The molecule has 0 saturated heterocycles. The molecule has 1 unspecified atom stereocenters. The first-order valence-electron chi connectivity index (χ1n) is 8.60. The van der Waals surface area contributed by atoms with Crippen LogP contribution in [0.3, 0.4) is 0 Å². The van der Waals surface area contributed by atoms with Gasteiger partial charge >= 0.3 is 0 Å². The molecule has 0 amide bonds. The van der Waals surface area contributed by atoms with Gasteiger partial charge in [0.05, 0.1) is 5.69 Å². The van der Waals surface area contributed by atoms with Crippen molar-refractivity contribution >= 4 is 5.96 Å². The number of nitrogens with one attached hydrogen (secondary N) is 2. The standard InChI is InChI=1S/C19H28N4O/c1-5-20-19(22-13-18-23-15(3)16(4)24-18)21-12-11-14(2)17-9-7-6-8-10-17/h6-10,14H,5,11-13H2,1-4H3,(H2,20,21,22). The molecule has 1 atom stereocenters. The highest BCUT2D eigenvalue weighted by atomic mass is 16.4. The molecule has 0 aliphatic heterocycles. The summed E-state index contributed by atoms with van der Waals surface area (Å²) < 4.78 is 5.57. The van der Waals surface area contributed by atoms with E-state index in [0.29, 0.717) is 18.4 Å². The zero-order chi connectivity index (χ0) is 17.4. The summed E-state index contributed by atoms with van der Waals surface area (Å²) in [4.78, 5) is 8.91. The highest BCUT2D eigenvalue weighted by molar-refractivity contribution is 5.79. The molecule has 2 rings (SSSR count). The normalized spacial score (nSPS) is 12.9. The largest absolute Gasteiger partial charge is 0.444 e. The van der Waals surface area contributed by atoms with Crippen molar-refractivity contribution in [1.82, 2.24) is 15.6 Å². The summed E-state index contributed by atoms with van der Waals surface area (Å²) in [6.07, 6.45) is 1.05. The van der Waals surface area contributed by atoms with Gasteiger partial charge in [-0.1, -0.05) is 37.3 Å². The van der Waals surface area contributed by atoms with Crippen molar-refractivity contribution in [3.05, 3.63) is 53.2 Å². The maximum atomic E-state index is 5.57. The Balaban J connectivity index is 1.85. The summed E-state index contributed by atoms with van der Waals surface area (Å²) in [5, 5.41) is 6.64. The Bertz CT molecular complexity index is 629. The predicted octanol–water partition coefficient (Wildman–Crippen LogP) is 3.54. The Morgan fingerprint density at radius 2 is 1.96 bits per heavy atom. The number of aliphatic imine (C=N–C) groups is 1. The first kappa shape index (κ1) is 18.0. The number of hydrogen-bond acceptors (Lipinski definition) is 3. The van der Waals surface area contributed by atoms with Crippen LogP contribution in [-0.4, -0.2) is 24.0 Å². The molecule has 0 spiro atoms. The number of benzene rings is 1. The van der Waals surface area contributed by atoms with Gasteiger partial charge in [0.25, 0.3) is 0 Å². The fourth-order valence-electron chi connectivity index (χ4n) is 2.45. The van der Waals surface area contributed by atoms with E-state index in [0.717, 1.165) is 36.9 Å². The lowest BCUT2D eigenvalue weighted by atomic mass is 9.98. The lowest BCUT2D eigenvalue weighted by Crippen LogP contribution is -2.38. The van der Waals surface area contributed by atoms with E-state index in [2.05, 4.69) is 64.8 Å². The van der Waals surface area contributed by atoms with Crippen molar-refractivity contribution in [2.24, 2.45) is 4.99 Å². The van der Waals surface area contributed by atoms with Crippen molar-refractivity contribution in [2.75, 3.05) is 13.1 Å². The van der Waals surface area contributed by atoms with Crippen LogP contribution in [0.4, 0.5) is 0 Å². The van der Waals surface area contributed by atoms with Crippen LogP contribution in [-0.2, 0) is 6.54 Å². The van der Waals surface area contributed by atoms with Gasteiger partial charge < -0.3 is 15.1 Å². The predicted molar refractivity (Wildman–Crippen MR) is 98.3 cm³/mol. The topological polar surface area (TPSA) is 62.5 Å². The van der Waals surface area contributed by atoms with Crippen molar-refractivity contribution in [3.8, 4) is 0 Å². The summed E-state index contributed by atoms with van der Waals surface area (Å²) >= 11 is 0. The second-order valence-electron chi connectivity index (χ2n) is 5.97. The Kier molecular flexibility index (Phi) is 6.85. The second kappa shape index (κ2) is 9.11. The highest BCUT2D eigenvalue weighted by Gasteiger charge is 2.07. The van der Waals surface area contributed by atoms with Crippen molar-refractivity contribution in [3.63, 3.8) is 0 Å². The number of nitrogens with zero attached hydrogens (tertiary/aromatic N) is 2. The first-order chi connectivity index (χ1) is 11.6. The van der Waals surface area contributed by atoms with E-state index in [9.17, 15) is 0 Å². The van der Waals surface area contributed by atoms with E-state index in [1.54, 1.807) is 0 Å². The summed E-state index contributed by atoms with van der Waals surface area (Å²) in [7, 11) is 0. The van der Waals surface area contributed by atoms with Gasteiger partial charge in [0.2, 0.25) is 5.89 Å². The van der Waals surface area contributed by atoms with Crippen LogP contribution in [0.2, 0.25) is 0 Å². The molecule has 2 N–H and O–H groups in total. The summed E-state index contributed by atoms with van der Waals surface area (Å²) in [5.41, 5.74) is 2.29. The molecule has 1 aromatic heterocycles. The van der Waals surface area contributed by atoms with E-state index < -0.39 is 0 Å². The Morgan fingerprint density at radius 3 is 2.58 bits per heavy atom. The van der Waals surface area contributed by atoms with Crippen LogP contribution in [0.5, 0.6) is 0 Å². The smallest absolute Gasteiger partial charge is 0.216 e. The fourth-order valence-corrected chi connectivity index (χ4v) is 2.45. The summed E-state index contributed by atoms with van der Waals surface area (Å²) in [5.74, 6) is 2.82. The molecule has 0 bridgehead atoms. The van der Waals surface area contributed by atoms with Gasteiger partial charge in [0.1, 0.15) is 12.3 Å². The third-order valence-corrected chi connectivity index (χ3v) is 4.03. The zero-order valence-electron chi connectivity index (χ0n) is 15.1. The average molecular weight is 328 g/mol. The first-order valence-corrected chi connectivity index (χ1v) is 8.60. The van der Waals surface area contributed by atoms with Crippen LogP contribution in [0.1, 0.15) is 49.1 Å². The lowest BCUT2D eigenvalue weighted by molar-refractivity contribution is 0.472. The number of oxazole rings is 1. The van der Waals surface area contributed by atoms with E-state index in [-0.39, 0.29) is 0 Å². The summed E-state index contributed by atoms with van der Waals surface area (Å²) in [6.45, 7) is 10.3. The third kappa shape index (κ3) is 5.41. The maximum absolute atomic E-state index is 5.57. The van der Waals surface area contributed by atoms with Gasteiger partial charge in [-0.2, -0.15) is 0 Å². The maximum Gasteiger partial charge on any atom is 0.216 e. The van der Waals surface area contributed by atoms with Gasteiger partial charge in [-0.3, -0.25) is 0 Å². The molecule has 1 aromatic carbocycles. The number of aromatic nitrogens is 1. The molecule has 0 aliphatic carbocycles. The molecule has 0 saturated carbocycles. The van der Waals surface area contributed by atoms with Crippen molar-refractivity contribution in [1.29, 1.82) is 0 Å². The van der Waals surface area contributed by atoms with Crippen LogP contribution < -0.4 is 10.6 Å². The van der Waals surface area contributed by atoms with E-state index in [4.69, 9.17) is 4.42 Å². The van der Waals surface area contributed by atoms with Gasteiger partial charge in [0.15, 0.2) is 5.96 Å².